The van der Waals surface area contributed by atoms with Crippen LogP contribution in [-0.2, 0) is 19.1 Å². The Kier molecular flexibility index (Phi) is 4.84. The summed E-state index contributed by atoms with van der Waals surface area (Å²) in [7, 11) is 0. The Morgan fingerprint density at radius 1 is 1.29 bits per heavy atom. The van der Waals surface area contributed by atoms with E-state index in [9.17, 15) is 14.4 Å². The minimum absolute atomic E-state index is 0.278. The normalized spacial score (nSPS) is 17.5. The van der Waals surface area contributed by atoms with Gasteiger partial charge in [0.25, 0.3) is 6.73 Å². The van der Waals surface area contributed by atoms with Crippen molar-refractivity contribution in [2.24, 2.45) is 0 Å². The number of halogens is 1. The van der Waals surface area contributed by atoms with Crippen LogP contribution in [-0.4, -0.2) is 28.5 Å². The summed E-state index contributed by atoms with van der Waals surface area (Å²) < 4.78 is 3.81. The molecule has 0 spiro atoms. The predicted molar refractivity (Wildman–Crippen MR) is 60.4 cm³/mol. The predicted octanol–water partition coefficient (Wildman–Crippen LogP) is 1.66. The molecule has 0 atom stereocenters. The number of unbranched alkanes of at least 4 members (excludes halogenated alkanes) is 2. The lowest BCUT2D eigenvalue weighted by Gasteiger charge is -2.17. The first-order valence-corrected chi connectivity index (χ1v) is 5.85. The van der Waals surface area contributed by atoms with Crippen LogP contribution < -0.4 is 0 Å². The molecular weight excluding hydrogens is 246 g/mol. The van der Waals surface area contributed by atoms with E-state index in [1.54, 1.807) is 0 Å². The molecule has 0 N–H and O–H groups in total. The largest absolute Gasteiger partial charge is 0.412 e. The number of hydrogen-bond acceptors (Lipinski definition) is 4. The second-order valence-corrected chi connectivity index (χ2v) is 4.41. The minimum atomic E-state index is -1.03. The van der Waals surface area contributed by atoms with Gasteiger partial charge in [-0.1, -0.05) is 23.8 Å². The third-order valence-corrected chi connectivity index (χ3v) is 2.89. The molecule has 0 aromatic rings. The molecule has 1 aliphatic heterocycles. The highest BCUT2D eigenvalue weighted by Crippen LogP contribution is 2.21. The van der Waals surface area contributed by atoms with Crippen molar-refractivity contribution in [3.05, 3.63) is 12.2 Å². The van der Waals surface area contributed by atoms with Crippen molar-refractivity contribution in [3.8, 4) is 0 Å². The molecule has 0 aromatic heterocycles. The standard InChI is InChI=1S/C11H15ClNO4/c1-2-3-4-5-11(16)17-8-13(12)9(14)6-7-10(13)15/h6-7H,2-5,8H2,1H3/q+1. The number of hydrogen-bond donors (Lipinski definition) is 0. The first-order chi connectivity index (χ1) is 8.00. The quantitative estimate of drug-likeness (QED) is 0.315. The Balaban J connectivity index is 2.38. The number of esters is 1. The zero-order valence-corrected chi connectivity index (χ0v) is 10.4. The number of amides is 2. The molecule has 0 unspecified atom stereocenters. The number of rotatable bonds is 6. The summed E-state index contributed by atoms with van der Waals surface area (Å²) in [5, 5.41) is 0. The maximum absolute atomic E-state index is 11.3. The monoisotopic (exact) mass is 260 g/mol. The summed E-state index contributed by atoms with van der Waals surface area (Å²) in [5.41, 5.74) is 0. The van der Waals surface area contributed by atoms with Crippen LogP contribution >= 0.6 is 11.8 Å². The second kappa shape index (κ2) is 5.93. The molecule has 0 saturated heterocycles. The average Bonchev–Trinajstić information content (AvgIpc) is 2.55. The first-order valence-electron chi connectivity index (χ1n) is 5.51. The Bertz CT molecular complexity index is 346. The molecule has 0 aromatic carbocycles. The van der Waals surface area contributed by atoms with Gasteiger partial charge >= 0.3 is 17.8 Å². The van der Waals surface area contributed by atoms with Gasteiger partial charge in [-0.3, -0.25) is 4.79 Å². The molecule has 2 amide bonds. The van der Waals surface area contributed by atoms with Crippen molar-refractivity contribution in [2.45, 2.75) is 32.6 Å². The molecule has 17 heavy (non-hydrogen) atoms. The fraction of sp³-hybridized carbons (Fsp3) is 0.545. The fourth-order valence-electron chi connectivity index (χ4n) is 1.37. The third kappa shape index (κ3) is 3.38. The highest BCUT2D eigenvalue weighted by Gasteiger charge is 2.47. The second-order valence-electron chi connectivity index (χ2n) is 3.83. The molecule has 0 saturated carbocycles. The topological polar surface area (TPSA) is 60.4 Å². The van der Waals surface area contributed by atoms with Gasteiger partial charge in [-0.15, -0.1) is 0 Å². The molecule has 5 nitrogen and oxygen atoms in total. The highest BCUT2D eigenvalue weighted by molar-refractivity contribution is 6.24. The molecule has 1 heterocycles. The van der Waals surface area contributed by atoms with E-state index >= 15 is 0 Å². The van der Waals surface area contributed by atoms with E-state index in [0.717, 1.165) is 31.4 Å². The molecule has 1 aliphatic rings. The van der Waals surface area contributed by atoms with Gasteiger partial charge in [-0.25, -0.2) is 9.59 Å². The van der Waals surface area contributed by atoms with Gasteiger partial charge < -0.3 is 4.74 Å². The maximum atomic E-state index is 11.3. The van der Waals surface area contributed by atoms with Crippen molar-refractivity contribution in [1.29, 1.82) is 0 Å². The van der Waals surface area contributed by atoms with Crippen LogP contribution in [0.4, 0.5) is 0 Å². The van der Waals surface area contributed by atoms with Gasteiger partial charge in [-0.05, 0) is 6.42 Å². The fourth-order valence-corrected chi connectivity index (χ4v) is 1.53. The van der Waals surface area contributed by atoms with E-state index in [2.05, 4.69) is 0 Å². The van der Waals surface area contributed by atoms with Crippen molar-refractivity contribution < 1.29 is 23.1 Å². The summed E-state index contributed by atoms with van der Waals surface area (Å²) in [6.45, 7) is 1.58. The maximum Gasteiger partial charge on any atom is 0.367 e. The molecule has 94 valence electrons. The number of carbonyl (C=O) groups excluding carboxylic acids is 3. The zero-order valence-electron chi connectivity index (χ0n) is 9.65. The lowest BCUT2D eigenvalue weighted by Crippen LogP contribution is -2.46. The van der Waals surface area contributed by atoms with Gasteiger partial charge in [0, 0.05) is 6.42 Å². The third-order valence-electron chi connectivity index (χ3n) is 2.46. The molecule has 0 radical (unpaired) electrons. The molecule has 1 rings (SSSR count). The van der Waals surface area contributed by atoms with Crippen LogP contribution in [0.25, 0.3) is 0 Å². The van der Waals surface area contributed by atoms with Crippen LogP contribution in [0.2, 0.25) is 0 Å². The van der Waals surface area contributed by atoms with E-state index < -0.39 is 28.5 Å². The molecule has 6 heteroatoms. The summed E-state index contributed by atoms with van der Waals surface area (Å²) in [5.74, 6) is -1.61. The lowest BCUT2D eigenvalue weighted by molar-refractivity contribution is -0.674. The Labute approximate surface area is 105 Å². The molecule has 0 fully saturated rings. The van der Waals surface area contributed by atoms with Crippen LogP contribution in [0.3, 0.4) is 0 Å². The Morgan fingerprint density at radius 2 is 1.88 bits per heavy atom. The van der Waals surface area contributed by atoms with Crippen molar-refractivity contribution in [2.75, 3.05) is 6.73 Å². The minimum Gasteiger partial charge on any atom is -0.412 e. The van der Waals surface area contributed by atoms with Crippen LogP contribution in [0, 0.1) is 0 Å². The van der Waals surface area contributed by atoms with Gasteiger partial charge in [0.1, 0.15) is 0 Å². The first kappa shape index (κ1) is 13.9. The number of imide groups is 1. The van der Waals surface area contributed by atoms with E-state index in [4.69, 9.17) is 16.5 Å². The smallest absolute Gasteiger partial charge is 0.367 e. The van der Waals surface area contributed by atoms with E-state index in [1.807, 2.05) is 6.92 Å². The number of carbonyl (C=O) groups is 3. The Morgan fingerprint density at radius 3 is 2.41 bits per heavy atom. The number of quaternary nitrogens is 1. The van der Waals surface area contributed by atoms with Crippen molar-refractivity contribution in [1.82, 2.24) is 0 Å². The molecule has 0 bridgehead atoms. The summed E-state index contributed by atoms with van der Waals surface area (Å²) in [4.78, 5) is 33.9. The van der Waals surface area contributed by atoms with E-state index in [1.165, 1.54) is 0 Å². The number of ether oxygens (including phenoxy) is 1. The average molecular weight is 261 g/mol. The van der Waals surface area contributed by atoms with E-state index in [-0.39, 0.29) is 6.42 Å². The van der Waals surface area contributed by atoms with Crippen LogP contribution in [0.5, 0.6) is 0 Å². The number of nitrogens with zero attached hydrogens (tertiary/aromatic N) is 1. The SMILES string of the molecule is CCCCCC(=O)OC[N+]1(Cl)C(=O)C=CC1=O. The highest BCUT2D eigenvalue weighted by atomic mass is 35.5. The molecular formula is C11H15ClNO4+. The zero-order chi connectivity index (χ0) is 12.9. The van der Waals surface area contributed by atoms with Crippen molar-refractivity contribution in [3.63, 3.8) is 0 Å². The van der Waals surface area contributed by atoms with Crippen molar-refractivity contribution >= 4 is 29.6 Å². The Hall–Kier alpha value is -1.20. The van der Waals surface area contributed by atoms with Crippen LogP contribution in [0.1, 0.15) is 32.6 Å². The summed E-state index contributed by atoms with van der Waals surface area (Å²) in [6.07, 6.45) is 5.12. The summed E-state index contributed by atoms with van der Waals surface area (Å²) in [6, 6.07) is 0. The lowest BCUT2D eigenvalue weighted by atomic mass is 10.2. The van der Waals surface area contributed by atoms with Gasteiger partial charge in [0.2, 0.25) is 0 Å². The van der Waals surface area contributed by atoms with Gasteiger partial charge in [0.15, 0.2) is 11.8 Å². The molecule has 0 aliphatic carbocycles. The van der Waals surface area contributed by atoms with Crippen LogP contribution in [0.15, 0.2) is 12.2 Å². The van der Waals surface area contributed by atoms with E-state index in [0.29, 0.717) is 0 Å². The van der Waals surface area contributed by atoms with Gasteiger partial charge in [-0.2, -0.15) is 0 Å². The summed E-state index contributed by atoms with van der Waals surface area (Å²) >= 11 is 5.78. The van der Waals surface area contributed by atoms with Gasteiger partial charge in [0.05, 0.1) is 12.2 Å².